The highest BCUT2D eigenvalue weighted by Gasteiger charge is 2.24. The van der Waals surface area contributed by atoms with Crippen molar-refractivity contribution >= 4 is 11.4 Å². The predicted molar refractivity (Wildman–Crippen MR) is 68.3 cm³/mol. The van der Waals surface area contributed by atoms with Gasteiger partial charge in [0.1, 0.15) is 5.69 Å². The summed E-state index contributed by atoms with van der Waals surface area (Å²) >= 11 is 0. The van der Waals surface area contributed by atoms with Crippen LogP contribution in [0.1, 0.15) is 25.7 Å². The van der Waals surface area contributed by atoms with Crippen LogP contribution in [0.2, 0.25) is 0 Å². The summed E-state index contributed by atoms with van der Waals surface area (Å²) < 4.78 is 13.5. The molecule has 0 saturated heterocycles. The molecule has 0 aromatic heterocycles. The van der Waals surface area contributed by atoms with Gasteiger partial charge >= 0.3 is 5.69 Å². The minimum absolute atomic E-state index is 0.368. The second kappa shape index (κ2) is 5.33. The molecule has 0 bridgehead atoms. The Balaban J connectivity index is 2.20. The maximum absolute atomic E-state index is 13.5. The maximum atomic E-state index is 13.5. The first-order valence-corrected chi connectivity index (χ1v) is 6.23. The molecular formula is C13H17FN2O2. The van der Waals surface area contributed by atoms with Gasteiger partial charge in [0, 0.05) is 13.6 Å². The number of hydrogen-bond acceptors (Lipinski definition) is 3. The van der Waals surface area contributed by atoms with Gasteiger partial charge in [0.2, 0.25) is 5.82 Å². The molecule has 1 aromatic carbocycles. The molecule has 0 amide bonds. The lowest BCUT2D eigenvalue weighted by molar-refractivity contribution is -0.386. The third-order valence-electron chi connectivity index (χ3n) is 3.57. The summed E-state index contributed by atoms with van der Waals surface area (Å²) in [5, 5.41) is 10.9. The zero-order valence-electron chi connectivity index (χ0n) is 10.4. The lowest BCUT2D eigenvalue weighted by Gasteiger charge is -2.22. The molecule has 0 atom stereocenters. The Kier molecular flexibility index (Phi) is 3.79. The lowest BCUT2D eigenvalue weighted by atomic mass is 10.1. The van der Waals surface area contributed by atoms with Crippen LogP contribution >= 0.6 is 0 Å². The number of hydrogen-bond donors (Lipinski definition) is 0. The van der Waals surface area contributed by atoms with E-state index in [2.05, 4.69) is 0 Å². The van der Waals surface area contributed by atoms with Crippen molar-refractivity contribution in [2.45, 2.75) is 25.7 Å². The van der Waals surface area contributed by atoms with Crippen molar-refractivity contribution in [2.75, 3.05) is 18.5 Å². The van der Waals surface area contributed by atoms with Crippen molar-refractivity contribution in [3.05, 3.63) is 34.1 Å². The molecule has 1 aliphatic rings. The van der Waals surface area contributed by atoms with E-state index in [0.717, 1.165) is 25.5 Å². The highest BCUT2D eigenvalue weighted by Crippen LogP contribution is 2.32. The molecule has 2 rings (SSSR count). The number of para-hydroxylation sites is 1. The van der Waals surface area contributed by atoms with Gasteiger partial charge in [-0.25, -0.2) is 0 Å². The van der Waals surface area contributed by atoms with Gasteiger partial charge < -0.3 is 4.90 Å². The summed E-state index contributed by atoms with van der Waals surface area (Å²) in [6.45, 7) is 0.754. The molecule has 98 valence electrons. The van der Waals surface area contributed by atoms with Gasteiger partial charge in [-0.05, 0) is 30.9 Å². The Labute approximate surface area is 106 Å². The summed E-state index contributed by atoms with van der Waals surface area (Å²) in [4.78, 5) is 12.1. The zero-order valence-corrected chi connectivity index (χ0v) is 10.4. The Morgan fingerprint density at radius 3 is 2.72 bits per heavy atom. The van der Waals surface area contributed by atoms with E-state index < -0.39 is 16.4 Å². The van der Waals surface area contributed by atoms with E-state index in [4.69, 9.17) is 0 Å². The van der Waals surface area contributed by atoms with E-state index in [1.165, 1.54) is 18.9 Å². The summed E-state index contributed by atoms with van der Waals surface area (Å²) in [5.41, 5.74) is -0.0510. The van der Waals surface area contributed by atoms with Gasteiger partial charge in [0.05, 0.1) is 4.92 Å². The third kappa shape index (κ3) is 2.60. The van der Waals surface area contributed by atoms with Gasteiger partial charge in [-0.1, -0.05) is 18.9 Å². The molecule has 0 aliphatic heterocycles. The summed E-state index contributed by atoms with van der Waals surface area (Å²) in [6, 6.07) is 4.25. The van der Waals surface area contributed by atoms with E-state index in [0.29, 0.717) is 11.6 Å². The zero-order chi connectivity index (χ0) is 13.1. The van der Waals surface area contributed by atoms with Crippen molar-refractivity contribution in [1.29, 1.82) is 0 Å². The van der Waals surface area contributed by atoms with Crippen LogP contribution in [0.5, 0.6) is 0 Å². The van der Waals surface area contributed by atoms with Crippen molar-refractivity contribution in [3.8, 4) is 0 Å². The fourth-order valence-corrected chi connectivity index (χ4v) is 2.67. The molecule has 1 aromatic rings. The fourth-order valence-electron chi connectivity index (χ4n) is 2.67. The Morgan fingerprint density at radius 1 is 1.44 bits per heavy atom. The first-order chi connectivity index (χ1) is 8.59. The van der Waals surface area contributed by atoms with Gasteiger partial charge in [-0.3, -0.25) is 10.1 Å². The molecule has 5 heteroatoms. The average molecular weight is 252 g/mol. The average Bonchev–Trinajstić information content (AvgIpc) is 2.80. The SMILES string of the molecule is CN(CC1CCCC1)c1cccc(F)c1[N+](=O)[O-]. The largest absolute Gasteiger partial charge is 0.369 e. The van der Waals surface area contributed by atoms with Gasteiger partial charge in [-0.2, -0.15) is 4.39 Å². The molecule has 0 N–H and O–H groups in total. The van der Waals surface area contributed by atoms with Gasteiger partial charge in [-0.15, -0.1) is 0 Å². The molecule has 0 radical (unpaired) electrons. The second-order valence-electron chi connectivity index (χ2n) is 4.90. The van der Waals surface area contributed by atoms with Crippen molar-refractivity contribution in [1.82, 2.24) is 0 Å². The number of anilines is 1. The number of nitro benzene ring substituents is 1. The quantitative estimate of drug-likeness (QED) is 0.609. The van der Waals surface area contributed by atoms with E-state index in [1.54, 1.807) is 18.0 Å². The molecule has 0 unspecified atom stereocenters. The molecule has 18 heavy (non-hydrogen) atoms. The third-order valence-corrected chi connectivity index (χ3v) is 3.57. The van der Waals surface area contributed by atoms with Crippen LogP contribution in [-0.2, 0) is 0 Å². The molecule has 4 nitrogen and oxygen atoms in total. The monoisotopic (exact) mass is 252 g/mol. The highest BCUT2D eigenvalue weighted by molar-refractivity contribution is 5.63. The Morgan fingerprint density at radius 2 is 2.11 bits per heavy atom. The maximum Gasteiger partial charge on any atom is 0.327 e. The van der Waals surface area contributed by atoms with Gasteiger partial charge in [0.15, 0.2) is 0 Å². The van der Waals surface area contributed by atoms with E-state index in [-0.39, 0.29) is 0 Å². The van der Waals surface area contributed by atoms with Crippen LogP contribution in [0, 0.1) is 21.8 Å². The smallest absolute Gasteiger partial charge is 0.327 e. The number of rotatable bonds is 4. The first-order valence-electron chi connectivity index (χ1n) is 6.23. The van der Waals surface area contributed by atoms with Crippen LogP contribution in [0.4, 0.5) is 15.8 Å². The van der Waals surface area contributed by atoms with Crippen molar-refractivity contribution in [3.63, 3.8) is 0 Å². The predicted octanol–water partition coefficient (Wildman–Crippen LogP) is 3.36. The van der Waals surface area contributed by atoms with Gasteiger partial charge in [0.25, 0.3) is 0 Å². The van der Waals surface area contributed by atoms with Crippen molar-refractivity contribution in [2.24, 2.45) is 5.92 Å². The number of halogens is 1. The Hall–Kier alpha value is -1.65. The summed E-state index contributed by atoms with van der Waals surface area (Å²) in [6.07, 6.45) is 4.77. The normalized spacial score (nSPS) is 15.9. The highest BCUT2D eigenvalue weighted by atomic mass is 19.1. The minimum atomic E-state index is -0.768. The minimum Gasteiger partial charge on any atom is -0.369 e. The van der Waals surface area contributed by atoms with Crippen LogP contribution < -0.4 is 4.90 Å². The molecule has 1 fully saturated rings. The molecular weight excluding hydrogens is 235 g/mol. The Bertz CT molecular complexity index is 445. The lowest BCUT2D eigenvalue weighted by Crippen LogP contribution is -2.25. The molecule has 0 heterocycles. The standard InChI is InChI=1S/C13H17FN2O2/c1-15(9-10-5-2-3-6-10)12-8-4-7-11(14)13(12)16(17)18/h4,7-8,10H,2-3,5-6,9H2,1H3. The van der Waals surface area contributed by atoms with E-state index >= 15 is 0 Å². The molecule has 1 saturated carbocycles. The second-order valence-corrected chi connectivity index (χ2v) is 4.90. The molecule has 0 spiro atoms. The number of benzene rings is 1. The number of nitrogens with zero attached hydrogens (tertiary/aromatic N) is 2. The van der Waals surface area contributed by atoms with E-state index in [1.807, 2.05) is 0 Å². The fraction of sp³-hybridized carbons (Fsp3) is 0.538. The number of nitro groups is 1. The van der Waals surface area contributed by atoms with Crippen molar-refractivity contribution < 1.29 is 9.31 Å². The summed E-state index contributed by atoms with van der Waals surface area (Å²) in [5.74, 6) is -0.200. The molecule has 1 aliphatic carbocycles. The van der Waals surface area contributed by atoms with Crippen LogP contribution in [0.25, 0.3) is 0 Å². The summed E-state index contributed by atoms with van der Waals surface area (Å²) in [7, 11) is 1.79. The van der Waals surface area contributed by atoms with Crippen LogP contribution in [-0.4, -0.2) is 18.5 Å². The van der Waals surface area contributed by atoms with E-state index in [9.17, 15) is 14.5 Å². The topological polar surface area (TPSA) is 46.4 Å². The first kappa shape index (κ1) is 12.8. The van der Waals surface area contributed by atoms with Crippen LogP contribution in [0.3, 0.4) is 0 Å². The van der Waals surface area contributed by atoms with Crippen LogP contribution in [0.15, 0.2) is 18.2 Å².